The zero-order valence-corrected chi connectivity index (χ0v) is 11.1. The average Bonchev–Trinajstić information content (AvgIpc) is 2.35. The molecular formula is C14H29NO. The highest BCUT2D eigenvalue weighted by Crippen LogP contribution is 2.22. The number of ether oxygens (including phenoxy) is 1. The molecule has 0 radical (unpaired) electrons. The molecule has 0 bridgehead atoms. The van der Waals surface area contributed by atoms with E-state index in [0.717, 1.165) is 25.2 Å². The molecule has 0 aromatic rings. The van der Waals surface area contributed by atoms with Gasteiger partial charge in [-0.25, -0.2) is 0 Å². The van der Waals surface area contributed by atoms with Gasteiger partial charge in [-0.15, -0.1) is 0 Å². The van der Waals surface area contributed by atoms with Gasteiger partial charge in [0.05, 0.1) is 0 Å². The van der Waals surface area contributed by atoms with Crippen LogP contribution >= 0.6 is 0 Å². The molecule has 1 aliphatic rings. The summed E-state index contributed by atoms with van der Waals surface area (Å²) < 4.78 is 5.42. The third-order valence-electron chi connectivity index (χ3n) is 3.82. The van der Waals surface area contributed by atoms with Crippen LogP contribution in [0.4, 0.5) is 0 Å². The highest BCUT2D eigenvalue weighted by atomic mass is 16.5. The summed E-state index contributed by atoms with van der Waals surface area (Å²) >= 11 is 0. The highest BCUT2D eigenvalue weighted by molar-refractivity contribution is 4.77. The van der Waals surface area contributed by atoms with Crippen LogP contribution in [0.15, 0.2) is 0 Å². The van der Waals surface area contributed by atoms with Gasteiger partial charge in [0.25, 0.3) is 0 Å². The van der Waals surface area contributed by atoms with E-state index in [1.165, 1.54) is 51.4 Å². The van der Waals surface area contributed by atoms with Gasteiger partial charge in [-0.1, -0.05) is 39.0 Å². The third kappa shape index (κ3) is 5.31. The first-order chi connectivity index (χ1) is 7.88. The van der Waals surface area contributed by atoms with Crippen LogP contribution in [0.3, 0.4) is 0 Å². The molecule has 1 aliphatic heterocycles. The van der Waals surface area contributed by atoms with Crippen LogP contribution in [-0.4, -0.2) is 26.3 Å². The smallest absolute Gasteiger partial charge is 0.0469 e. The van der Waals surface area contributed by atoms with Crippen molar-refractivity contribution in [1.29, 1.82) is 0 Å². The molecule has 0 aromatic carbocycles. The molecule has 1 fully saturated rings. The predicted octanol–water partition coefficient (Wildman–Crippen LogP) is 3.36. The Bertz CT molecular complexity index is 155. The lowest BCUT2D eigenvalue weighted by atomic mass is 9.88. The van der Waals surface area contributed by atoms with Crippen LogP contribution in [0.2, 0.25) is 0 Å². The summed E-state index contributed by atoms with van der Waals surface area (Å²) in [5.74, 6) is 0.852. The Hall–Kier alpha value is -0.0800. The maximum atomic E-state index is 5.42. The molecule has 2 heteroatoms. The van der Waals surface area contributed by atoms with Crippen molar-refractivity contribution in [3.05, 3.63) is 0 Å². The van der Waals surface area contributed by atoms with Crippen molar-refractivity contribution in [2.45, 2.75) is 64.3 Å². The number of hydrogen-bond acceptors (Lipinski definition) is 2. The summed E-state index contributed by atoms with van der Waals surface area (Å²) in [4.78, 5) is 0. The Morgan fingerprint density at radius 2 is 1.81 bits per heavy atom. The fourth-order valence-corrected chi connectivity index (χ4v) is 2.70. The van der Waals surface area contributed by atoms with Crippen molar-refractivity contribution in [3.63, 3.8) is 0 Å². The summed E-state index contributed by atoms with van der Waals surface area (Å²) in [5.41, 5.74) is 0. The zero-order valence-electron chi connectivity index (χ0n) is 11.1. The highest BCUT2D eigenvalue weighted by Gasteiger charge is 2.21. The van der Waals surface area contributed by atoms with Gasteiger partial charge in [0, 0.05) is 19.3 Å². The van der Waals surface area contributed by atoms with Crippen LogP contribution < -0.4 is 5.32 Å². The van der Waals surface area contributed by atoms with E-state index in [0.29, 0.717) is 0 Å². The molecule has 0 saturated carbocycles. The third-order valence-corrected chi connectivity index (χ3v) is 3.82. The molecule has 96 valence electrons. The largest absolute Gasteiger partial charge is 0.381 e. The number of rotatable bonds is 8. The first-order valence-corrected chi connectivity index (χ1v) is 7.13. The summed E-state index contributed by atoms with van der Waals surface area (Å²) in [6.07, 6.45) is 10.8. The van der Waals surface area contributed by atoms with Crippen LogP contribution in [0.25, 0.3) is 0 Å². The van der Waals surface area contributed by atoms with Crippen molar-refractivity contribution < 1.29 is 4.74 Å². The molecule has 0 spiro atoms. The van der Waals surface area contributed by atoms with Gasteiger partial charge in [-0.05, 0) is 32.2 Å². The molecule has 1 N–H and O–H groups in total. The maximum Gasteiger partial charge on any atom is 0.0469 e. The Balaban J connectivity index is 2.10. The first kappa shape index (κ1) is 14.0. The van der Waals surface area contributed by atoms with E-state index in [1.54, 1.807) is 0 Å². The van der Waals surface area contributed by atoms with E-state index < -0.39 is 0 Å². The van der Waals surface area contributed by atoms with Crippen LogP contribution in [0.1, 0.15) is 58.3 Å². The van der Waals surface area contributed by atoms with Gasteiger partial charge in [0.1, 0.15) is 0 Å². The maximum absolute atomic E-state index is 5.42. The molecule has 0 amide bonds. The molecule has 1 rings (SSSR count). The summed E-state index contributed by atoms with van der Waals surface area (Å²) in [7, 11) is 2.12. The SMILES string of the molecule is CCCCCCCC(NC)C1CCOCC1. The lowest BCUT2D eigenvalue weighted by Crippen LogP contribution is -2.36. The van der Waals surface area contributed by atoms with Gasteiger partial charge in [-0.3, -0.25) is 0 Å². The molecule has 1 atom stereocenters. The second-order valence-electron chi connectivity index (χ2n) is 5.05. The molecule has 1 unspecified atom stereocenters. The van der Waals surface area contributed by atoms with Gasteiger partial charge < -0.3 is 10.1 Å². The minimum atomic E-state index is 0.727. The standard InChI is InChI=1S/C14H29NO/c1-3-4-5-6-7-8-14(15-2)13-9-11-16-12-10-13/h13-15H,3-12H2,1-2H3. The van der Waals surface area contributed by atoms with Gasteiger partial charge >= 0.3 is 0 Å². The Morgan fingerprint density at radius 3 is 2.44 bits per heavy atom. The van der Waals surface area contributed by atoms with Crippen LogP contribution in [0.5, 0.6) is 0 Å². The van der Waals surface area contributed by atoms with Crippen molar-refractivity contribution >= 4 is 0 Å². The first-order valence-electron chi connectivity index (χ1n) is 7.13. The van der Waals surface area contributed by atoms with Gasteiger partial charge in [0.2, 0.25) is 0 Å². The Kier molecular flexibility index (Phi) is 7.87. The molecule has 0 aromatic heterocycles. The van der Waals surface area contributed by atoms with Gasteiger partial charge in [0.15, 0.2) is 0 Å². The summed E-state index contributed by atoms with van der Waals surface area (Å²) in [5, 5.41) is 3.51. The minimum absolute atomic E-state index is 0.727. The Morgan fingerprint density at radius 1 is 1.12 bits per heavy atom. The Labute approximate surface area is 101 Å². The molecule has 1 saturated heterocycles. The topological polar surface area (TPSA) is 21.3 Å². The van der Waals surface area contributed by atoms with E-state index in [9.17, 15) is 0 Å². The molecule has 0 aliphatic carbocycles. The van der Waals surface area contributed by atoms with Crippen LogP contribution in [-0.2, 0) is 4.74 Å². The van der Waals surface area contributed by atoms with Crippen molar-refractivity contribution in [3.8, 4) is 0 Å². The minimum Gasteiger partial charge on any atom is -0.381 e. The zero-order chi connectivity index (χ0) is 11.6. The van der Waals surface area contributed by atoms with E-state index in [1.807, 2.05) is 0 Å². The van der Waals surface area contributed by atoms with Crippen molar-refractivity contribution in [2.75, 3.05) is 20.3 Å². The summed E-state index contributed by atoms with van der Waals surface area (Å²) in [6.45, 7) is 4.22. The molecular weight excluding hydrogens is 198 g/mol. The van der Waals surface area contributed by atoms with Crippen molar-refractivity contribution in [2.24, 2.45) is 5.92 Å². The summed E-state index contributed by atoms with van der Waals surface area (Å²) in [6, 6.07) is 0.727. The fraction of sp³-hybridized carbons (Fsp3) is 1.00. The second kappa shape index (κ2) is 9.00. The van der Waals surface area contributed by atoms with Crippen LogP contribution in [0, 0.1) is 5.92 Å². The fourth-order valence-electron chi connectivity index (χ4n) is 2.70. The van der Waals surface area contributed by atoms with Gasteiger partial charge in [-0.2, -0.15) is 0 Å². The average molecular weight is 227 g/mol. The van der Waals surface area contributed by atoms with E-state index in [-0.39, 0.29) is 0 Å². The van der Waals surface area contributed by atoms with E-state index in [2.05, 4.69) is 19.3 Å². The van der Waals surface area contributed by atoms with E-state index >= 15 is 0 Å². The number of nitrogens with one attached hydrogen (secondary N) is 1. The molecule has 2 nitrogen and oxygen atoms in total. The second-order valence-corrected chi connectivity index (χ2v) is 5.05. The molecule has 16 heavy (non-hydrogen) atoms. The molecule has 1 heterocycles. The normalized spacial score (nSPS) is 19.9. The predicted molar refractivity (Wildman–Crippen MR) is 69.8 cm³/mol. The lowest BCUT2D eigenvalue weighted by Gasteiger charge is -2.30. The number of hydrogen-bond donors (Lipinski definition) is 1. The number of unbranched alkanes of at least 4 members (excludes halogenated alkanes) is 4. The van der Waals surface area contributed by atoms with Crippen molar-refractivity contribution in [1.82, 2.24) is 5.32 Å². The quantitative estimate of drug-likeness (QED) is 0.642. The monoisotopic (exact) mass is 227 g/mol. The lowest BCUT2D eigenvalue weighted by molar-refractivity contribution is 0.0533. The van der Waals surface area contributed by atoms with E-state index in [4.69, 9.17) is 4.74 Å².